The Balaban J connectivity index is 1.48. The van der Waals surface area contributed by atoms with Gasteiger partial charge in [0.15, 0.2) is 0 Å². The number of fused-ring (bicyclic) bond motifs is 1. The average molecular weight is 619 g/mol. The van der Waals surface area contributed by atoms with Gasteiger partial charge in [0.25, 0.3) is 0 Å². The van der Waals surface area contributed by atoms with E-state index >= 15 is 0 Å². The molecule has 0 radical (unpaired) electrons. The summed E-state index contributed by atoms with van der Waals surface area (Å²) in [7, 11) is 0. The van der Waals surface area contributed by atoms with E-state index in [2.05, 4.69) is 52.0 Å². The maximum atomic E-state index is 14.4. The van der Waals surface area contributed by atoms with Gasteiger partial charge in [-0.25, -0.2) is 9.59 Å². The molecule has 240 valence electrons. The Hall–Kier alpha value is -3.86. The van der Waals surface area contributed by atoms with Crippen molar-refractivity contribution in [2.24, 2.45) is 35.0 Å². The zero-order chi connectivity index (χ0) is 32.2. The summed E-state index contributed by atoms with van der Waals surface area (Å²) in [4.78, 5) is 28.2. The molecule has 2 aliphatic heterocycles. The van der Waals surface area contributed by atoms with E-state index in [-0.39, 0.29) is 41.4 Å². The Labute approximate surface area is 273 Å². The molecule has 1 saturated carbocycles. The molecular formula is C41H46O5. The Morgan fingerprint density at radius 2 is 1.76 bits per heavy atom. The number of hydrogen-bond donors (Lipinski definition) is 1. The molecule has 0 amide bonds. The second kappa shape index (κ2) is 12.1. The highest BCUT2D eigenvalue weighted by Crippen LogP contribution is 2.72. The third-order valence-corrected chi connectivity index (χ3v) is 11.4. The van der Waals surface area contributed by atoms with Crippen molar-refractivity contribution in [2.45, 2.75) is 85.5 Å². The summed E-state index contributed by atoms with van der Waals surface area (Å²) in [6.07, 6.45) is 12.6. The maximum absolute atomic E-state index is 14.4. The maximum Gasteiger partial charge on any atom is 0.340 e. The van der Waals surface area contributed by atoms with Crippen LogP contribution in [0.3, 0.4) is 0 Å². The molecule has 5 heteroatoms. The number of hydrogen-bond acceptors (Lipinski definition) is 5. The summed E-state index contributed by atoms with van der Waals surface area (Å²) in [6.45, 7) is 8.84. The van der Waals surface area contributed by atoms with Gasteiger partial charge in [-0.1, -0.05) is 76.9 Å². The van der Waals surface area contributed by atoms with E-state index in [1.54, 1.807) is 6.07 Å². The number of aromatic hydroxyl groups is 1. The number of carbonyl (C=O) groups is 2. The molecule has 4 aliphatic carbocycles. The third kappa shape index (κ3) is 4.80. The fourth-order valence-electron chi connectivity index (χ4n) is 9.28. The normalized spacial score (nSPS) is 28.9. The van der Waals surface area contributed by atoms with Crippen LogP contribution >= 0.6 is 0 Å². The average Bonchev–Trinajstić information content (AvgIpc) is 3.54. The first-order valence-corrected chi connectivity index (χ1v) is 17.5. The first-order chi connectivity index (χ1) is 22.3. The standard InChI is InChI=1S/C41H46O5/c1-5-7-13-33-31-19-18-30-29-20-21-41(37(30)36(31)39(43)45-33)34(22-25(6-2)15-14-24(3)4)46-40(44)38(41)35(29)32-23-27(42)16-17-28(32)26-11-9-8-10-12-26/h8-13,16-17,22-25,29-30,37,42H,5-7,14-15,18-21H2,1-4H3/b33-13-,34-22-/t25-,29-,30+,37-,41-/m1/s1. The van der Waals surface area contributed by atoms with Gasteiger partial charge in [-0.05, 0) is 115 Å². The molecule has 2 fully saturated rings. The minimum atomic E-state index is -0.739. The van der Waals surface area contributed by atoms with Crippen LogP contribution in [-0.4, -0.2) is 17.0 Å². The van der Waals surface area contributed by atoms with Crippen molar-refractivity contribution in [1.82, 2.24) is 0 Å². The number of unbranched alkanes of at least 4 members (excludes halogenated alkanes) is 1. The van der Waals surface area contributed by atoms with Crippen LogP contribution in [0.1, 0.15) is 91.0 Å². The summed E-state index contributed by atoms with van der Waals surface area (Å²) in [5, 5.41) is 10.9. The molecule has 8 rings (SSSR count). The highest BCUT2D eigenvalue weighted by Gasteiger charge is 2.68. The molecule has 0 unspecified atom stereocenters. The molecule has 46 heavy (non-hydrogen) atoms. The molecule has 1 N–H and O–H groups in total. The Morgan fingerprint density at radius 1 is 0.957 bits per heavy atom. The number of phenols is 1. The lowest BCUT2D eigenvalue weighted by Gasteiger charge is -2.56. The van der Waals surface area contributed by atoms with Crippen LogP contribution in [-0.2, 0) is 19.1 Å². The van der Waals surface area contributed by atoms with E-state index in [0.29, 0.717) is 11.5 Å². The van der Waals surface area contributed by atoms with Gasteiger partial charge in [-0.2, -0.15) is 0 Å². The molecule has 6 aliphatic rings. The fourth-order valence-corrected chi connectivity index (χ4v) is 9.28. The van der Waals surface area contributed by atoms with E-state index in [1.807, 2.05) is 30.3 Å². The molecule has 2 bridgehead atoms. The van der Waals surface area contributed by atoms with Gasteiger partial charge in [0.05, 0.1) is 11.0 Å². The fraction of sp³-hybridized carbons (Fsp3) is 0.463. The van der Waals surface area contributed by atoms with Crippen molar-refractivity contribution in [3.05, 3.63) is 94.5 Å². The number of benzene rings is 2. The first-order valence-electron chi connectivity index (χ1n) is 17.5. The van der Waals surface area contributed by atoms with Crippen molar-refractivity contribution in [1.29, 1.82) is 0 Å². The highest BCUT2D eigenvalue weighted by atomic mass is 16.5. The first kappa shape index (κ1) is 30.8. The third-order valence-electron chi connectivity index (χ3n) is 11.4. The highest BCUT2D eigenvalue weighted by molar-refractivity contribution is 6.07. The molecule has 5 atom stereocenters. The van der Waals surface area contributed by atoms with Crippen molar-refractivity contribution in [3.63, 3.8) is 0 Å². The molecule has 5 nitrogen and oxygen atoms in total. The van der Waals surface area contributed by atoms with Gasteiger partial charge in [-0.15, -0.1) is 0 Å². The number of esters is 2. The van der Waals surface area contributed by atoms with Gasteiger partial charge in [0.2, 0.25) is 0 Å². The lowest BCUT2D eigenvalue weighted by atomic mass is 9.44. The van der Waals surface area contributed by atoms with Crippen LogP contribution < -0.4 is 0 Å². The predicted octanol–water partition coefficient (Wildman–Crippen LogP) is 9.69. The van der Waals surface area contributed by atoms with Gasteiger partial charge in [-0.3, -0.25) is 0 Å². The zero-order valence-corrected chi connectivity index (χ0v) is 27.6. The van der Waals surface area contributed by atoms with Crippen LogP contribution in [0.4, 0.5) is 0 Å². The summed E-state index contributed by atoms with van der Waals surface area (Å²) < 4.78 is 12.4. The predicted molar refractivity (Wildman–Crippen MR) is 180 cm³/mol. The largest absolute Gasteiger partial charge is 0.508 e. The second-order valence-electron chi connectivity index (χ2n) is 14.4. The van der Waals surface area contributed by atoms with Crippen LogP contribution in [0.15, 0.2) is 88.9 Å². The molecular weight excluding hydrogens is 572 g/mol. The number of carbonyl (C=O) groups excluding carboxylic acids is 2. The number of ether oxygens (including phenoxy) is 2. The minimum Gasteiger partial charge on any atom is -0.508 e. The second-order valence-corrected chi connectivity index (χ2v) is 14.4. The Morgan fingerprint density at radius 3 is 2.50 bits per heavy atom. The van der Waals surface area contributed by atoms with Crippen molar-refractivity contribution in [2.75, 3.05) is 0 Å². The van der Waals surface area contributed by atoms with E-state index < -0.39 is 5.41 Å². The van der Waals surface area contributed by atoms with Gasteiger partial charge in [0, 0.05) is 17.1 Å². The van der Waals surface area contributed by atoms with E-state index in [1.165, 1.54) is 0 Å². The SMILES string of the molecule is CCC/C=C1\OC(=O)C2=C1CC[C@H]1[C@H]3CC[C@]4(C(=C3c3cc(O)ccc3-c3ccccc3)C(=O)O/C4=C\[C@H](CC)CCC(C)C)[C@@H]21. The number of rotatable bonds is 9. The molecule has 0 aromatic heterocycles. The quantitative estimate of drug-likeness (QED) is 0.283. The Bertz CT molecular complexity index is 1690. The van der Waals surface area contributed by atoms with Crippen LogP contribution in [0.5, 0.6) is 5.75 Å². The van der Waals surface area contributed by atoms with Gasteiger partial charge < -0.3 is 14.6 Å². The van der Waals surface area contributed by atoms with E-state index in [9.17, 15) is 14.7 Å². The van der Waals surface area contributed by atoms with Crippen molar-refractivity contribution < 1.29 is 24.2 Å². The Kier molecular flexibility index (Phi) is 8.07. The van der Waals surface area contributed by atoms with Crippen molar-refractivity contribution >= 4 is 17.5 Å². The number of cyclic esters (lactones) is 2. The molecule has 2 heterocycles. The van der Waals surface area contributed by atoms with Crippen LogP contribution in [0.2, 0.25) is 0 Å². The monoisotopic (exact) mass is 618 g/mol. The topological polar surface area (TPSA) is 72.8 Å². The lowest BCUT2D eigenvalue weighted by molar-refractivity contribution is -0.135. The van der Waals surface area contributed by atoms with Gasteiger partial charge >= 0.3 is 11.9 Å². The number of phenolic OH excluding ortho intramolecular Hbond substituents is 1. The van der Waals surface area contributed by atoms with Gasteiger partial charge in [0.1, 0.15) is 17.3 Å². The summed E-state index contributed by atoms with van der Waals surface area (Å²) in [5.41, 5.74) is 5.71. The van der Waals surface area contributed by atoms with E-state index in [0.717, 1.165) is 103 Å². The molecule has 1 spiro atoms. The summed E-state index contributed by atoms with van der Waals surface area (Å²) >= 11 is 0. The smallest absolute Gasteiger partial charge is 0.340 e. The van der Waals surface area contributed by atoms with Crippen molar-refractivity contribution in [3.8, 4) is 16.9 Å². The lowest BCUT2D eigenvalue weighted by Crippen LogP contribution is -2.52. The summed E-state index contributed by atoms with van der Waals surface area (Å²) in [5.74, 6) is 1.99. The summed E-state index contributed by atoms with van der Waals surface area (Å²) in [6, 6.07) is 15.7. The molecule has 2 aromatic carbocycles. The molecule has 2 aromatic rings. The van der Waals surface area contributed by atoms with E-state index in [4.69, 9.17) is 9.47 Å². The van der Waals surface area contributed by atoms with Crippen LogP contribution in [0.25, 0.3) is 16.7 Å². The molecule has 1 saturated heterocycles. The van der Waals surface area contributed by atoms with Crippen LogP contribution in [0, 0.1) is 35.0 Å². The number of allylic oxidation sites excluding steroid dienone is 5. The zero-order valence-electron chi connectivity index (χ0n) is 27.6. The minimum absolute atomic E-state index is 0.0615.